The zero-order valence-electron chi connectivity index (χ0n) is 12.3. The van der Waals surface area contributed by atoms with Crippen LogP contribution in [0.3, 0.4) is 0 Å². The number of aryl methyl sites for hydroxylation is 2. The minimum absolute atomic E-state index is 0.154. The van der Waals surface area contributed by atoms with E-state index in [1.165, 1.54) is 11.3 Å². The van der Waals surface area contributed by atoms with Gasteiger partial charge in [-0.2, -0.15) is 5.10 Å². The van der Waals surface area contributed by atoms with Gasteiger partial charge in [0.25, 0.3) is 0 Å². The summed E-state index contributed by atoms with van der Waals surface area (Å²) in [6.07, 6.45) is 2.83. The van der Waals surface area contributed by atoms with Gasteiger partial charge in [0, 0.05) is 43.4 Å². The lowest BCUT2D eigenvalue weighted by Crippen LogP contribution is -2.30. The monoisotopic (exact) mass is 264 g/mol. The molecule has 106 valence electrons. The van der Waals surface area contributed by atoms with Crippen molar-refractivity contribution in [1.29, 1.82) is 0 Å². The Kier molecular flexibility index (Phi) is 4.24. The maximum Gasteiger partial charge on any atom is 0.221 e. The predicted octanol–water partition coefficient (Wildman–Crippen LogP) is 1.36. The van der Waals surface area contributed by atoms with Gasteiger partial charge < -0.3 is 10.6 Å². The van der Waals surface area contributed by atoms with Crippen LogP contribution in [-0.4, -0.2) is 28.3 Å². The number of aromatic nitrogens is 2. The van der Waals surface area contributed by atoms with Crippen LogP contribution in [-0.2, 0) is 11.8 Å². The van der Waals surface area contributed by atoms with E-state index in [1.54, 1.807) is 0 Å². The van der Waals surface area contributed by atoms with Gasteiger partial charge in [-0.3, -0.25) is 9.48 Å². The highest BCUT2D eigenvalue weighted by Gasteiger charge is 2.23. The average Bonchev–Trinajstić information content (AvgIpc) is 3.08. The fourth-order valence-corrected chi connectivity index (χ4v) is 2.45. The molecule has 5 heteroatoms. The van der Waals surface area contributed by atoms with Crippen LogP contribution in [0.25, 0.3) is 0 Å². The zero-order chi connectivity index (χ0) is 14.0. The Bertz CT molecular complexity index is 462. The smallest absolute Gasteiger partial charge is 0.221 e. The first-order valence-electron chi connectivity index (χ1n) is 7.02. The Labute approximate surface area is 114 Å². The van der Waals surface area contributed by atoms with Crippen LogP contribution >= 0.6 is 0 Å². The van der Waals surface area contributed by atoms with Crippen molar-refractivity contribution in [3.8, 4) is 0 Å². The minimum atomic E-state index is 0.154. The summed E-state index contributed by atoms with van der Waals surface area (Å²) in [5.41, 5.74) is 3.48. The molecule has 0 bridgehead atoms. The van der Waals surface area contributed by atoms with Crippen LogP contribution in [0.2, 0.25) is 0 Å². The van der Waals surface area contributed by atoms with Crippen molar-refractivity contribution in [1.82, 2.24) is 20.4 Å². The molecule has 19 heavy (non-hydrogen) atoms. The molecule has 0 radical (unpaired) electrons. The summed E-state index contributed by atoms with van der Waals surface area (Å²) in [7, 11) is 1.96. The predicted molar refractivity (Wildman–Crippen MR) is 74.9 cm³/mol. The topological polar surface area (TPSA) is 59.0 Å². The quantitative estimate of drug-likeness (QED) is 0.815. The lowest BCUT2D eigenvalue weighted by molar-refractivity contribution is -0.121. The fraction of sp³-hybridized carbons (Fsp3) is 0.714. The first-order valence-corrected chi connectivity index (χ1v) is 7.02. The highest BCUT2D eigenvalue weighted by molar-refractivity contribution is 5.76. The molecule has 0 aromatic carbocycles. The number of amides is 1. The largest absolute Gasteiger partial charge is 0.353 e. The number of hydrogen-bond acceptors (Lipinski definition) is 3. The Morgan fingerprint density at radius 3 is 2.68 bits per heavy atom. The molecule has 1 aliphatic carbocycles. The van der Waals surface area contributed by atoms with Gasteiger partial charge in [0.15, 0.2) is 0 Å². The van der Waals surface area contributed by atoms with Crippen LogP contribution < -0.4 is 10.6 Å². The number of rotatable bonds is 6. The molecule has 1 saturated carbocycles. The molecule has 1 unspecified atom stereocenters. The fourth-order valence-electron chi connectivity index (χ4n) is 2.45. The van der Waals surface area contributed by atoms with Crippen molar-refractivity contribution < 1.29 is 4.79 Å². The highest BCUT2D eigenvalue weighted by Crippen LogP contribution is 2.20. The average molecular weight is 264 g/mol. The van der Waals surface area contributed by atoms with Gasteiger partial charge in [-0.05, 0) is 33.6 Å². The van der Waals surface area contributed by atoms with Crippen molar-refractivity contribution in [2.45, 2.75) is 52.1 Å². The van der Waals surface area contributed by atoms with Gasteiger partial charge >= 0.3 is 0 Å². The minimum Gasteiger partial charge on any atom is -0.353 e. The standard InChI is InChI=1S/C14H24N4O/c1-9(14-10(2)17-18(4)11(14)3)15-8-7-13(19)16-12-5-6-12/h9,12,15H,5-8H2,1-4H3,(H,16,19). The second-order valence-electron chi connectivity index (χ2n) is 5.48. The first-order chi connectivity index (χ1) is 8.99. The Hall–Kier alpha value is -1.36. The molecule has 0 aliphatic heterocycles. The normalized spacial score (nSPS) is 16.4. The molecule has 2 N–H and O–H groups in total. The molecule has 1 fully saturated rings. The van der Waals surface area contributed by atoms with E-state index in [1.807, 2.05) is 18.7 Å². The Morgan fingerprint density at radius 2 is 2.16 bits per heavy atom. The van der Waals surface area contributed by atoms with E-state index in [0.29, 0.717) is 19.0 Å². The van der Waals surface area contributed by atoms with E-state index < -0.39 is 0 Å². The summed E-state index contributed by atoms with van der Waals surface area (Å²) in [5.74, 6) is 0.154. The van der Waals surface area contributed by atoms with Gasteiger partial charge in [0.05, 0.1) is 5.69 Å². The van der Waals surface area contributed by atoms with Crippen LogP contribution in [0.4, 0.5) is 0 Å². The maximum atomic E-state index is 11.6. The first kappa shape index (κ1) is 14.1. The molecule has 1 aliphatic rings. The van der Waals surface area contributed by atoms with Crippen molar-refractivity contribution in [3.05, 3.63) is 17.0 Å². The molecule has 0 spiro atoms. The lowest BCUT2D eigenvalue weighted by atomic mass is 10.1. The summed E-state index contributed by atoms with van der Waals surface area (Å²) < 4.78 is 1.91. The van der Waals surface area contributed by atoms with Crippen molar-refractivity contribution >= 4 is 5.91 Å². The highest BCUT2D eigenvalue weighted by atomic mass is 16.1. The van der Waals surface area contributed by atoms with E-state index in [4.69, 9.17) is 0 Å². The molecule has 1 aromatic heterocycles. The number of hydrogen-bond donors (Lipinski definition) is 2. The van der Waals surface area contributed by atoms with Crippen molar-refractivity contribution in [3.63, 3.8) is 0 Å². The number of nitrogens with one attached hydrogen (secondary N) is 2. The number of nitrogens with zero attached hydrogens (tertiary/aromatic N) is 2. The number of carbonyl (C=O) groups excluding carboxylic acids is 1. The third-order valence-corrected chi connectivity index (χ3v) is 3.74. The van der Waals surface area contributed by atoms with Gasteiger partial charge in [0.2, 0.25) is 5.91 Å². The lowest BCUT2D eigenvalue weighted by Gasteiger charge is -2.14. The third-order valence-electron chi connectivity index (χ3n) is 3.74. The second-order valence-corrected chi connectivity index (χ2v) is 5.48. The summed E-state index contributed by atoms with van der Waals surface area (Å²) >= 11 is 0. The molecule has 5 nitrogen and oxygen atoms in total. The molecule has 1 heterocycles. The Morgan fingerprint density at radius 1 is 1.47 bits per heavy atom. The SMILES string of the molecule is Cc1nn(C)c(C)c1C(C)NCCC(=O)NC1CC1. The van der Waals surface area contributed by atoms with E-state index in [-0.39, 0.29) is 11.9 Å². The van der Waals surface area contributed by atoms with Crippen molar-refractivity contribution in [2.24, 2.45) is 7.05 Å². The number of carbonyl (C=O) groups is 1. The third kappa shape index (κ3) is 3.56. The molecule has 2 rings (SSSR count). The van der Waals surface area contributed by atoms with Gasteiger partial charge in [0.1, 0.15) is 0 Å². The summed E-state index contributed by atoms with van der Waals surface area (Å²) in [5, 5.41) is 10.8. The zero-order valence-corrected chi connectivity index (χ0v) is 12.3. The molecular formula is C14H24N4O. The summed E-state index contributed by atoms with van der Waals surface area (Å²) in [4.78, 5) is 11.6. The van der Waals surface area contributed by atoms with Crippen molar-refractivity contribution in [2.75, 3.05) is 6.54 Å². The maximum absolute atomic E-state index is 11.6. The molecule has 1 aromatic rings. The van der Waals surface area contributed by atoms with E-state index in [9.17, 15) is 4.79 Å². The van der Waals surface area contributed by atoms with E-state index >= 15 is 0 Å². The van der Waals surface area contributed by atoms with Crippen LogP contribution in [0.1, 0.15) is 49.2 Å². The molecule has 0 saturated heterocycles. The summed E-state index contributed by atoms with van der Waals surface area (Å²) in [6.45, 7) is 6.93. The van der Waals surface area contributed by atoms with E-state index in [2.05, 4.69) is 29.6 Å². The van der Waals surface area contributed by atoms with E-state index in [0.717, 1.165) is 18.5 Å². The molecule has 1 atom stereocenters. The van der Waals surface area contributed by atoms with Gasteiger partial charge in [-0.15, -0.1) is 0 Å². The molecular weight excluding hydrogens is 240 g/mol. The van der Waals surface area contributed by atoms with Crippen LogP contribution in [0.5, 0.6) is 0 Å². The summed E-state index contributed by atoms with van der Waals surface area (Å²) in [6, 6.07) is 0.676. The second kappa shape index (κ2) is 5.74. The van der Waals surface area contributed by atoms with Crippen LogP contribution in [0, 0.1) is 13.8 Å². The molecule has 1 amide bonds. The van der Waals surface area contributed by atoms with Gasteiger partial charge in [-0.25, -0.2) is 0 Å². The van der Waals surface area contributed by atoms with Crippen LogP contribution in [0.15, 0.2) is 0 Å². The van der Waals surface area contributed by atoms with Gasteiger partial charge in [-0.1, -0.05) is 0 Å². The Balaban J connectivity index is 1.80.